The van der Waals surface area contributed by atoms with Crippen LogP contribution in [-0.2, 0) is 4.79 Å². The molecule has 0 spiro atoms. The van der Waals surface area contributed by atoms with Crippen LogP contribution in [0.5, 0.6) is 5.75 Å². The zero-order valence-electron chi connectivity index (χ0n) is 12.0. The van der Waals surface area contributed by atoms with E-state index in [2.05, 4.69) is 0 Å². The van der Waals surface area contributed by atoms with Crippen molar-refractivity contribution in [2.45, 2.75) is 39.5 Å². The molecule has 0 saturated carbocycles. The summed E-state index contributed by atoms with van der Waals surface area (Å²) < 4.78 is 0. The smallest absolute Gasteiger partial charge is 0.306 e. The molecule has 0 unspecified atom stereocenters. The number of hydrogen-bond donors (Lipinski definition) is 3. The molecule has 0 radical (unpaired) electrons. The first-order valence-corrected chi connectivity index (χ1v) is 6.74. The van der Waals surface area contributed by atoms with Crippen LogP contribution in [0, 0.1) is 5.92 Å². The zero-order valence-corrected chi connectivity index (χ0v) is 12.0. The summed E-state index contributed by atoms with van der Waals surface area (Å²) in [7, 11) is 0. The first-order valence-electron chi connectivity index (χ1n) is 6.74. The van der Waals surface area contributed by atoms with Gasteiger partial charge in [-0.05, 0) is 25.0 Å². The maximum absolute atomic E-state index is 10.5. The van der Waals surface area contributed by atoms with Crippen LogP contribution < -0.4 is 5.73 Å². The number of primary amides is 1. The van der Waals surface area contributed by atoms with Crippen LogP contribution in [0.4, 0.5) is 0 Å². The Balaban J connectivity index is 0.000000361. The first kappa shape index (κ1) is 18.0. The Hall–Kier alpha value is -2.04. The lowest BCUT2D eigenvalue weighted by atomic mass is 9.99. The second-order valence-corrected chi connectivity index (χ2v) is 4.49. The van der Waals surface area contributed by atoms with Gasteiger partial charge in [0, 0.05) is 0 Å². The van der Waals surface area contributed by atoms with Gasteiger partial charge in [-0.1, -0.05) is 38.8 Å². The van der Waals surface area contributed by atoms with E-state index in [0.717, 1.165) is 25.7 Å². The van der Waals surface area contributed by atoms with Gasteiger partial charge in [0.2, 0.25) is 0 Å². The number of phenols is 1. The molecule has 4 N–H and O–H groups in total. The van der Waals surface area contributed by atoms with Gasteiger partial charge in [-0.15, -0.1) is 0 Å². The molecule has 112 valence electrons. The molecule has 1 amide bonds. The molecule has 20 heavy (non-hydrogen) atoms. The van der Waals surface area contributed by atoms with Crippen molar-refractivity contribution in [1.82, 2.24) is 0 Å². The van der Waals surface area contributed by atoms with Crippen molar-refractivity contribution in [1.29, 1.82) is 0 Å². The number of carbonyl (C=O) groups excluding carboxylic acids is 1. The van der Waals surface area contributed by atoms with Gasteiger partial charge >= 0.3 is 5.97 Å². The third kappa shape index (κ3) is 6.78. The minimum atomic E-state index is -0.635. The van der Waals surface area contributed by atoms with Gasteiger partial charge < -0.3 is 15.9 Å². The van der Waals surface area contributed by atoms with Gasteiger partial charge in [0.05, 0.1) is 11.5 Å². The largest absolute Gasteiger partial charge is 0.507 e. The molecular formula is C15H23NO4. The second-order valence-electron chi connectivity index (χ2n) is 4.49. The van der Waals surface area contributed by atoms with Crippen LogP contribution in [0.3, 0.4) is 0 Å². The Bertz CT molecular complexity index is 426. The van der Waals surface area contributed by atoms with Crippen molar-refractivity contribution >= 4 is 11.9 Å². The Labute approximate surface area is 119 Å². The van der Waals surface area contributed by atoms with Crippen molar-refractivity contribution in [3.63, 3.8) is 0 Å². The van der Waals surface area contributed by atoms with Gasteiger partial charge in [-0.2, -0.15) is 0 Å². The van der Waals surface area contributed by atoms with Gasteiger partial charge in [0.1, 0.15) is 5.75 Å². The molecule has 0 aliphatic heterocycles. The summed E-state index contributed by atoms with van der Waals surface area (Å²) in [5.74, 6) is -1.42. The lowest BCUT2D eigenvalue weighted by Gasteiger charge is -2.07. The highest BCUT2D eigenvalue weighted by atomic mass is 16.4. The molecule has 5 nitrogen and oxygen atoms in total. The number of aromatic hydroxyl groups is 1. The van der Waals surface area contributed by atoms with E-state index >= 15 is 0 Å². The molecule has 0 aliphatic carbocycles. The Kier molecular flexibility index (Phi) is 8.83. The van der Waals surface area contributed by atoms with Crippen molar-refractivity contribution in [3.8, 4) is 5.75 Å². The van der Waals surface area contributed by atoms with Gasteiger partial charge in [-0.3, -0.25) is 9.59 Å². The number of rotatable bonds is 6. The number of carbonyl (C=O) groups is 2. The average Bonchev–Trinajstić information content (AvgIpc) is 2.39. The summed E-state index contributed by atoms with van der Waals surface area (Å²) in [6.45, 7) is 4.04. The van der Waals surface area contributed by atoms with Gasteiger partial charge in [0.15, 0.2) is 0 Å². The van der Waals surface area contributed by atoms with Crippen molar-refractivity contribution in [2.24, 2.45) is 11.7 Å². The highest BCUT2D eigenvalue weighted by molar-refractivity contribution is 5.95. The average molecular weight is 281 g/mol. The number of nitrogens with two attached hydrogens (primary N) is 1. The molecule has 0 aromatic heterocycles. The quantitative estimate of drug-likeness (QED) is 0.746. The summed E-state index contributed by atoms with van der Waals surface area (Å²) in [6, 6.07) is 6.15. The summed E-state index contributed by atoms with van der Waals surface area (Å²) in [5.41, 5.74) is 5.07. The minimum absolute atomic E-state index is 0.0741. The number of aliphatic carboxylic acids is 1. The molecular weight excluding hydrogens is 258 g/mol. The number of amides is 1. The van der Waals surface area contributed by atoms with Crippen LogP contribution in [0.25, 0.3) is 0 Å². The lowest BCUT2D eigenvalue weighted by Crippen LogP contribution is -2.12. The first-order chi connectivity index (χ1) is 9.43. The van der Waals surface area contributed by atoms with Crippen LogP contribution in [-0.4, -0.2) is 22.1 Å². The second kappa shape index (κ2) is 9.83. The molecule has 1 rings (SSSR count). The molecule has 0 heterocycles. The molecule has 1 aromatic rings. The fourth-order valence-corrected chi connectivity index (χ4v) is 1.77. The lowest BCUT2D eigenvalue weighted by molar-refractivity contribution is -0.142. The zero-order chi connectivity index (χ0) is 15.5. The van der Waals surface area contributed by atoms with Crippen LogP contribution >= 0.6 is 0 Å². The monoisotopic (exact) mass is 281 g/mol. The third-order valence-corrected chi connectivity index (χ3v) is 2.79. The van der Waals surface area contributed by atoms with E-state index in [1.807, 2.05) is 13.8 Å². The standard InChI is InChI=1S/C8H16O2.C7H7NO2/c1-3-5-7(6-4-2)8(9)10;8-7(10)5-3-1-2-4-6(5)9/h7H,3-6H2,1-2H3,(H,9,10);1-4,9H,(H2,8,10). The van der Waals surface area contributed by atoms with E-state index in [1.54, 1.807) is 12.1 Å². The van der Waals surface area contributed by atoms with E-state index in [9.17, 15) is 9.59 Å². The molecule has 0 bridgehead atoms. The van der Waals surface area contributed by atoms with Gasteiger partial charge in [0.25, 0.3) is 5.91 Å². The number of hydrogen-bond acceptors (Lipinski definition) is 3. The number of carboxylic acids is 1. The number of carboxylic acid groups (broad SMARTS) is 1. The fraction of sp³-hybridized carbons (Fsp3) is 0.467. The molecule has 0 fully saturated rings. The van der Waals surface area contributed by atoms with Crippen LogP contribution in [0.2, 0.25) is 0 Å². The van der Waals surface area contributed by atoms with Crippen LogP contribution in [0.15, 0.2) is 24.3 Å². The van der Waals surface area contributed by atoms with E-state index in [0.29, 0.717) is 0 Å². The van der Waals surface area contributed by atoms with E-state index in [1.165, 1.54) is 12.1 Å². The molecule has 0 aliphatic rings. The number of benzene rings is 1. The van der Waals surface area contributed by atoms with Crippen molar-refractivity contribution in [2.75, 3.05) is 0 Å². The molecule has 0 atom stereocenters. The summed E-state index contributed by atoms with van der Waals surface area (Å²) in [6.07, 6.45) is 3.58. The van der Waals surface area contributed by atoms with Crippen molar-refractivity contribution < 1.29 is 19.8 Å². The van der Waals surface area contributed by atoms with Gasteiger partial charge in [-0.25, -0.2) is 0 Å². The number of para-hydroxylation sites is 1. The summed E-state index contributed by atoms with van der Waals surface area (Å²) in [4.78, 5) is 21.0. The molecule has 0 saturated heterocycles. The maximum atomic E-state index is 10.5. The normalized spacial score (nSPS) is 9.75. The topological polar surface area (TPSA) is 101 Å². The fourth-order valence-electron chi connectivity index (χ4n) is 1.77. The molecule has 1 aromatic carbocycles. The van der Waals surface area contributed by atoms with Crippen molar-refractivity contribution in [3.05, 3.63) is 29.8 Å². The minimum Gasteiger partial charge on any atom is -0.507 e. The Morgan fingerprint density at radius 3 is 1.95 bits per heavy atom. The summed E-state index contributed by atoms with van der Waals surface area (Å²) in [5, 5.41) is 17.6. The SMILES string of the molecule is CCCC(CCC)C(=O)O.NC(=O)c1ccccc1O. The Morgan fingerprint density at radius 2 is 1.65 bits per heavy atom. The van der Waals surface area contributed by atoms with Crippen LogP contribution in [0.1, 0.15) is 49.9 Å². The third-order valence-electron chi connectivity index (χ3n) is 2.79. The maximum Gasteiger partial charge on any atom is 0.306 e. The Morgan fingerprint density at radius 1 is 1.15 bits per heavy atom. The van der Waals surface area contributed by atoms with E-state index < -0.39 is 11.9 Å². The summed E-state index contributed by atoms with van der Waals surface area (Å²) >= 11 is 0. The van der Waals surface area contributed by atoms with E-state index in [4.69, 9.17) is 15.9 Å². The molecule has 5 heteroatoms. The van der Waals surface area contributed by atoms with E-state index in [-0.39, 0.29) is 17.2 Å². The predicted octanol–water partition coefficient (Wildman–Crippen LogP) is 2.78. The predicted molar refractivity (Wildman–Crippen MR) is 77.6 cm³/mol. The highest BCUT2D eigenvalue weighted by Gasteiger charge is 2.13. The highest BCUT2D eigenvalue weighted by Crippen LogP contribution is 2.14.